The maximum atomic E-state index is 12.6. The van der Waals surface area contributed by atoms with Gasteiger partial charge < -0.3 is 52.3 Å². The lowest BCUT2D eigenvalue weighted by atomic mass is 9.95. The number of ether oxygens (including phenoxy) is 1. The highest BCUT2D eigenvalue weighted by molar-refractivity contribution is 7.15. The van der Waals surface area contributed by atoms with Gasteiger partial charge in [-0.05, 0) is 249 Å². The molecule has 0 unspecified atom stereocenters. The molecule has 0 saturated heterocycles. The molecule has 24 heteroatoms. The van der Waals surface area contributed by atoms with Gasteiger partial charge in [0.05, 0.1) is 107 Å². The zero-order valence-corrected chi connectivity index (χ0v) is 64.2. The van der Waals surface area contributed by atoms with E-state index in [0.717, 1.165) is 232 Å². The van der Waals surface area contributed by atoms with Crippen LogP contribution in [-0.4, -0.2) is 91.6 Å². The summed E-state index contributed by atoms with van der Waals surface area (Å²) in [5, 5.41) is 17.6. The molecule has 12 heterocycles. The highest BCUT2D eigenvalue weighted by Crippen LogP contribution is 2.48. The minimum atomic E-state index is -0.108. The van der Waals surface area contributed by atoms with Crippen LogP contribution in [0.15, 0.2) is 102 Å². The van der Waals surface area contributed by atoms with E-state index in [1.807, 2.05) is 101 Å². The van der Waals surface area contributed by atoms with Crippen molar-refractivity contribution in [3.05, 3.63) is 192 Å². The Hall–Kier alpha value is -11.7. The lowest BCUT2D eigenvalue weighted by molar-refractivity contribution is 0.328. The largest absolute Gasteiger partial charge is 0.478 e. The summed E-state index contributed by atoms with van der Waals surface area (Å²) in [5.74, 6) is 10.3. The molecule has 0 bridgehead atoms. The Morgan fingerprint density at radius 1 is 0.444 bits per heavy atom. The van der Waals surface area contributed by atoms with Gasteiger partial charge in [0.15, 0.2) is 0 Å². The third-order valence-electron chi connectivity index (χ3n) is 21.3. The number of aromatic nitrogens is 17. The number of nitrogens with one attached hydrogen (secondary N) is 5. The molecule has 0 radical (unpaired) electrons. The molecular weight excluding hydrogens is 1380 g/mol. The van der Waals surface area contributed by atoms with Crippen LogP contribution in [0.5, 0.6) is 5.88 Å². The van der Waals surface area contributed by atoms with Gasteiger partial charge in [-0.1, -0.05) is 20.6 Å². The van der Waals surface area contributed by atoms with Crippen molar-refractivity contribution in [3.8, 4) is 88.8 Å². The second kappa shape index (κ2) is 27.3. The Morgan fingerprint density at radius 2 is 0.843 bits per heavy atom. The first-order valence-electron chi connectivity index (χ1n) is 37.2. The fourth-order valence-electron chi connectivity index (χ4n) is 15.2. The first-order valence-corrected chi connectivity index (χ1v) is 38.0. The van der Waals surface area contributed by atoms with Crippen molar-refractivity contribution >= 4 is 55.5 Å². The van der Waals surface area contributed by atoms with Crippen LogP contribution in [0, 0.1) is 96.9 Å². The highest BCUT2D eigenvalue weighted by Gasteiger charge is 2.33. The van der Waals surface area contributed by atoms with Gasteiger partial charge in [-0.25, -0.2) is 34.9 Å². The summed E-state index contributed by atoms with van der Waals surface area (Å²) in [6.07, 6.45) is 15.0. The summed E-state index contributed by atoms with van der Waals surface area (Å²) >= 11 is 1.73. The van der Waals surface area contributed by atoms with Crippen molar-refractivity contribution < 1.29 is 22.8 Å². The quantitative estimate of drug-likeness (QED) is 0.0675. The molecule has 4 aromatic carbocycles. The van der Waals surface area contributed by atoms with Crippen LogP contribution < -0.4 is 10.3 Å². The van der Waals surface area contributed by atoms with Gasteiger partial charge in [0.25, 0.3) is 5.56 Å². The number of nitrogens with zero attached hydrogens (tertiary/aromatic N) is 12. The smallest absolute Gasteiger partial charge is 0.256 e. The average molecular weight is 1460 g/mol. The second-order valence-corrected chi connectivity index (χ2v) is 30.8. The van der Waals surface area contributed by atoms with Gasteiger partial charge in [-0.3, -0.25) is 4.79 Å². The van der Waals surface area contributed by atoms with Crippen LogP contribution in [0.4, 0.5) is 0 Å². The summed E-state index contributed by atoms with van der Waals surface area (Å²) in [4.78, 5) is 64.1. The monoisotopic (exact) mass is 1460 g/mol. The number of aryl methyl sites for hydroxylation is 13. The Labute approximate surface area is 626 Å². The van der Waals surface area contributed by atoms with Gasteiger partial charge >= 0.3 is 0 Å². The number of benzene rings is 4. The molecule has 108 heavy (non-hydrogen) atoms. The van der Waals surface area contributed by atoms with Gasteiger partial charge in [0.2, 0.25) is 5.88 Å². The standard InChI is InChI=1S/C23H24N4O2.C21H20N4O2.C20H21N5O.C20H20N4OS/c1-5-28-23-19(12(2)8-9-24-23)17-10-16(20-13(3)27-29-14(20)4)11-18-21(17)26-22(25-18)15-6-7-15;1-10-6-7-22-21(26)17(10)15-8-14(18-11(2)25-27-12(18)3)9-16-19(15)24-20(23-16)13-4-5-13;1-10-12(3)25(9-21-10)17-8-15(18-11(2)24-26-13(18)4)7-16-19(17)23-20(22-16)14-5-6-14;1-9-17(11(3)25-24-9)14-7-15(19-10(2)21-12(4)26-19)18-16(8-14)22-20(23-18)13-5-6-13/h8-11,15H,5-7H2,1-4H3,(H,25,26);6-9,13H,4-5H2,1-3H3,(H,22,26)(H,23,24);7-9,14H,5-6H2,1-4H3,(H,22,23);7-8,13H,5-6H2,1-4H3,(H,22,23). The van der Waals surface area contributed by atoms with Crippen molar-refractivity contribution in [2.24, 2.45) is 0 Å². The first kappa shape index (κ1) is 69.4. The number of hydrogen-bond acceptors (Lipinski definition) is 18. The number of imidazole rings is 5. The molecule has 20 rings (SSSR count). The number of aromatic amines is 5. The van der Waals surface area contributed by atoms with Crippen LogP contribution in [0.2, 0.25) is 0 Å². The molecule has 0 spiro atoms. The molecule has 4 aliphatic carbocycles. The van der Waals surface area contributed by atoms with E-state index in [9.17, 15) is 4.79 Å². The molecule has 23 nitrogen and oxygen atoms in total. The van der Waals surface area contributed by atoms with Crippen LogP contribution in [0.3, 0.4) is 0 Å². The van der Waals surface area contributed by atoms with Crippen LogP contribution in [-0.2, 0) is 0 Å². The van der Waals surface area contributed by atoms with E-state index in [1.165, 1.54) is 43.4 Å². The molecule has 0 amide bonds. The fraction of sp³-hybridized carbons (Fsp3) is 0.333. The molecule has 548 valence electrons. The van der Waals surface area contributed by atoms with E-state index in [4.69, 9.17) is 42.8 Å². The maximum absolute atomic E-state index is 12.6. The average Bonchev–Trinajstić information content (AvgIpc) is 1.59. The molecule has 12 aromatic heterocycles. The van der Waals surface area contributed by atoms with Crippen LogP contribution in [0.1, 0.15) is 184 Å². The van der Waals surface area contributed by atoms with E-state index >= 15 is 0 Å². The van der Waals surface area contributed by atoms with Gasteiger partial charge in [-0.2, -0.15) is 0 Å². The second-order valence-electron chi connectivity index (χ2n) is 29.6. The van der Waals surface area contributed by atoms with E-state index < -0.39 is 0 Å². The van der Waals surface area contributed by atoms with Crippen molar-refractivity contribution in [1.82, 2.24) is 85.0 Å². The number of H-pyrrole nitrogens is 5. The van der Waals surface area contributed by atoms with Gasteiger partial charge in [-0.15, -0.1) is 11.3 Å². The summed E-state index contributed by atoms with van der Waals surface area (Å²) < 4.78 is 29.6. The maximum Gasteiger partial charge on any atom is 0.256 e. The van der Waals surface area contributed by atoms with E-state index in [1.54, 1.807) is 23.7 Å². The van der Waals surface area contributed by atoms with Crippen molar-refractivity contribution in [1.29, 1.82) is 0 Å². The van der Waals surface area contributed by atoms with Gasteiger partial charge in [0, 0.05) is 86.3 Å². The summed E-state index contributed by atoms with van der Waals surface area (Å²) in [6, 6.07) is 21.1. The Morgan fingerprint density at radius 3 is 1.22 bits per heavy atom. The predicted molar refractivity (Wildman–Crippen MR) is 419 cm³/mol. The lowest BCUT2D eigenvalue weighted by Crippen LogP contribution is -2.10. The topological polar surface area (TPSA) is 305 Å². The predicted octanol–water partition coefficient (Wildman–Crippen LogP) is 19.8. The Bertz CT molecular complexity index is 6040. The number of thiazole rings is 1. The summed E-state index contributed by atoms with van der Waals surface area (Å²) in [6.45, 7) is 30.4. The minimum absolute atomic E-state index is 0.108. The van der Waals surface area contributed by atoms with E-state index in [-0.39, 0.29) is 5.56 Å². The first-order chi connectivity index (χ1) is 52.1. The van der Waals surface area contributed by atoms with Crippen molar-refractivity contribution in [2.75, 3.05) is 6.61 Å². The molecule has 4 saturated carbocycles. The molecule has 4 fully saturated rings. The van der Waals surface area contributed by atoms with Crippen molar-refractivity contribution in [2.45, 2.75) is 179 Å². The number of pyridine rings is 2. The van der Waals surface area contributed by atoms with E-state index in [2.05, 4.69) is 135 Å². The Balaban J connectivity index is 0.000000106. The molecule has 0 aliphatic heterocycles. The molecular formula is C84H85N17O6S. The minimum Gasteiger partial charge on any atom is -0.478 e. The fourth-order valence-corrected chi connectivity index (χ4v) is 16.1. The lowest BCUT2D eigenvalue weighted by Gasteiger charge is -2.14. The van der Waals surface area contributed by atoms with Crippen LogP contribution in [0.25, 0.3) is 127 Å². The molecule has 0 atom stereocenters. The molecule has 4 aliphatic rings. The summed E-state index contributed by atoms with van der Waals surface area (Å²) in [7, 11) is 0. The summed E-state index contributed by atoms with van der Waals surface area (Å²) in [5.41, 5.74) is 30.6. The number of fused-ring (bicyclic) bond motifs is 4. The van der Waals surface area contributed by atoms with E-state index in [0.29, 0.717) is 41.7 Å². The number of hydrogen-bond donors (Lipinski definition) is 5. The molecule has 5 N–H and O–H groups in total. The SMILES string of the molecule is CCOc1nccc(C)c1-c1cc(-c2c(C)noc2C)cc2[nH]c(C3CC3)nc12.Cc1cc[nH]c(=O)c1-c1cc(-c2c(C)noc2C)cc2[nH]c(C3CC3)nc12.Cc1nc(C)c(-c2cc(-c3c(C)noc3C)cc3[nH]c(C4CC4)nc23)s1.Cc1noc(C)c1-c1cc(-n2cnc(C)c2C)c2nc(C3CC3)[nH]c2c1. The highest BCUT2D eigenvalue weighted by atomic mass is 32.1. The third-order valence-corrected chi connectivity index (χ3v) is 22.4. The Kier molecular flexibility index (Phi) is 17.5. The normalized spacial score (nSPS) is 14.2. The van der Waals surface area contributed by atoms with Crippen LogP contribution >= 0.6 is 11.3 Å². The van der Waals surface area contributed by atoms with Crippen molar-refractivity contribution in [3.63, 3.8) is 0 Å². The molecule has 16 aromatic rings. The third kappa shape index (κ3) is 12.9. The zero-order valence-electron chi connectivity index (χ0n) is 63.4. The number of rotatable bonds is 14. The zero-order chi connectivity index (χ0) is 74.8. The van der Waals surface area contributed by atoms with Gasteiger partial charge in [0.1, 0.15) is 51.9 Å².